The van der Waals surface area contributed by atoms with Gasteiger partial charge < -0.3 is 16.2 Å². The highest BCUT2D eigenvalue weighted by molar-refractivity contribution is 5.92. The lowest BCUT2D eigenvalue weighted by Gasteiger charge is -2.24. The Morgan fingerprint density at radius 1 is 1.32 bits per heavy atom. The predicted molar refractivity (Wildman–Crippen MR) is 79.3 cm³/mol. The van der Waals surface area contributed by atoms with Crippen LogP contribution in [0, 0.1) is 5.41 Å². The number of hydrogen-bond donors (Lipinski definition) is 3. The summed E-state index contributed by atoms with van der Waals surface area (Å²) in [6.45, 7) is 5.83. The number of anilines is 1. The Balaban J connectivity index is 2.23. The van der Waals surface area contributed by atoms with Crippen molar-refractivity contribution in [1.82, 2.24) is 4.98 Å². The van der Waals surface area contributed by atoms with Crippen LogP contribution in [0.3, 0.4) is 0 Å². The summed E-state index contributed by atoms with van der Waals surface area (Å²) in [5.41, 5.74) is 5.74. The smallest absolute Gasteiger partial charge is 0.133 e. The summed E-state index contributed by atoms with van der Waals surface area (Å²) >= 11 is 0. The van der Waals surface area contributed by atoms with Crippen LogP contribution >= 0.6 is 0 Å². The van der Waals surface area contributed by atoms with E-state index in [1.807, 2.05) is 12.1 Å². The van der Waals surface area contributed by atoms with Crippen molar-refractivity contribution in [3.05, 3.63) is 30.5 Å². The van der Waals surface area contributed by atoms with Gasteiger partial charge in [0, 0.05) is 18.1 Å². The van der Waals surface area contributed by atoms with Gasteiger partial charge >= 0.3 is 0 Å². The van der Waals surface area contributed by atoms with Gasteiger partial charge in [-0.05, 0) is 42.0 Å². The fourth-order valence-electron chi connectivity index (χ4n) is 2.10. The van der Waals surface area contributed by atoms with Crippen LogP contribution in [0.15, 0.2) is 30.5 Å². The number of aromatic hydroxyl groups is 1. The van der Waals surface area contributed by atoms with Gasteiger partial charge in [0.1, 0.15) is 11.6 Å². The van der Waals surface area contributed by atoms with Gasteiger partial charge in [0.25, 0.3) is 0 Å². The van der Waals surface area contributed by atoms with Crippen molar-refractivity contribution in [3.63, 3.8) is 0 Å². The van der Waals surface area contributed by atoms with Crippen molar-refractivity contribution in [2.24, 2.45) is 11.1 Å². The van der Waals surface area contributed by atoms with E-state index in [-0.39, 0.29) is 11.2 Å². The Kier molecular flexibility index (Phi) is 3.90. The Hall–Kier alpha value is -1.81. The average Bonchev–Trinajstić information content (AvgIpc) is 2.36. The number of nitrogens with one attached hydrogen (secondary N) is 1. The molecule has 19 heavy (non-hydrogen) atoms. The summed E-state index contributed by atoms with van der Waals surface area (Å²) in [5.74, 6) is 1.06. The summed E-state index contributed by atoms with van der Waals surface area (Å²) in [6, 6.07) is 7.25. The lowest BCUT2D eigenvalue weighted by molar-refractivity contribution is 0.365. The summed E-state index contributed by atoms with van der Waals surface area (Å²) in [7, 11) is 0. The fraction of sp³-hybridized carbons (Fsp3) is 0.400. The Morgan fingerprint density at radius 3 is 2.84 bits per heavy atom. The molecule has 1 aromatic heterocycles. The number of phenolic OH excluding ortho intramolecular Hbond substituents is 1. The minimum atomic E-state index is 0.120. The Morgan fingerprint density at radius 2 is 2.11 bits per heavy atom. The third-order valence-corrected chi connectivity index (χ3v) is 3.31. The van der Waals surface area contributed by atoms with Crippen molar-refractivity contribution < 1.29 is 5.11 Å². The first-order valence-corrected chi connectivity index (χ1v) is 6.53. The molecule has 102 valence electrons. The zero-order valence-corrected chi connectivity index (χ0v) is 11.5. The first kappa shape index (κ1) is 13.6. The van der Waals surface area contributed by atoms with Gasteiger partial charge in [-0.3, -0.25) is 0 Å². The summed E-state index contributed by atoms with van der Waals surface area (Å²) in [6.07, 6.45) is 2.73. The van der Waals surface area contributed by atoms with E-state index < -0.39 is 0 Å². The molecule has 1 heterocycles. The zero-order chi connectivity index (χ0) is 13.9. The molecule has 0 saturated heterocycles. The van der Waals surface area contributed by atoms with E-state index in [0.29, 0.717) is 6.54 Å². The highest BCUT2D eigenvalue weighted by Crippen LogP contribution is 2.27. The number of nitrogens with two attached hydrogens (primary N) is 1. The van der Waals surface area contributed by atoms with Gasteiger partial charge in [0.15, 0.2) is 0 Å². The van der Waals surface area contributed by atoms with Crippen molar-refractivity contribution in [1.29, 1.82) is 0 Å². The zero-order valence-electron chi connectivity index (χ0n) is 11.5. The molecule has 4 nitrogen and oxygen atoms in total. The van der Waals surface area contributed by atoms with Crippen molar-refractivity contribution in [2.45, 2.75) is 20.3 Å². The van der Waals surface area contributed by atoms with Crippen molar-refractivity contribution in [2.75, 3.05) is 18.4 Å². The molecule has 2 rings (SSSR count). The van der Waals surface area contributed by atoms with Crippen molar-refractivity contribution >= 4 is 16.6 Å². The van der Waals surface area contributed by atoms with Crippen LogP contribution in [0.25, 0.3) is 10.8 Å². The van der Waals surface area contributed by atoms with Gasteiger partial charge in [-0.2, -0.15) is 0 Å². The SMILES string of the molecule is CC(C)(CCN)CNc1nccc2ccc(O)cc12. The third kappa shape index (κ3) is 3.35. The molecule has 0 aliphatic rings. The molecule has 0 atom stereocenters. The first-order chi connectivity index (χ1) is 9.02. The molecule has 0 fully saturated rings. The minimum Gasteiger partial charge on any atom is -0.508 e. The predicted octanol–water partition coefficient (Wildman–Crippen LogP) is 2.73. The van der Waals surface area contributed by atoms with Crippen LogP contribution < -0.4 is 11.1 Å². The second-order valence-corrected chi connectivity index (χ2v) is 5.62. The van der Waals surface area contributed by atoms with E-state index in [1.165, 1.54) is 0 Å². The number of hydrogen-bond acceptors (Lipinski definition) is 4. The van der Waals surface area contributed by atoms with Crippen LogP contribution in [-0.2, 0) is 0 Å². The van der Waals surface area contributed by atoms with Crippen LogP contribution in [0.2, 0.25) is 0 Å². The van der Waals surface area contributed by atoms with Gasteiger partial charge in [-0.15, -0.1) is 0 Å². The highest BCUT2D eigenvalue weighted by Gasteiger charge is 2.17. The number of benzene rings is 1. The van der Waals surface area contributed by atoms with Crippen LogP contribution in [0.1, 0.15) is 20.3 Å². The minimum absolute atomic E-state index is 0.120. The fourth-order valence-corrected chi connectivity index (χ4v) is 2.10. The summed E-state index contributed by atoms with van der Waals surface area (Å²) < 4.78 is 0. The third-order valence-electron chi connectivity index (χ3n) is 3.31. The highest BCUT2D eigenvalue weighted by atomic mass is 16.3. The number of nitrogens with zero attached hydrogens (tertiary/aromatic N) is 1. The number of phenols is 1. The molecule has 4 heteroatoms. The average molecular weight is 259 g/mol. The quantitative estimate of drug-likeness (QED) is 0.772. The van der Waals surface area contributed by atoms with Gasteiger partial charge in [0.05, 0.1) is 0 Å². The van der Waals surface area contributed by atoms with E-state index in [9.17, 15) is 5.11 Å². The van der Waals surface area contributed by atoms with E-state index in [1.54, 1.807) is 18.3 Å². The second kappa shape index (κ2) is 5.45. The molecule has 0 aliphatic carbocycles. The summed E-state index contributed by atoms with van der Waals surface area (Å²) in [4.78, 5) is 4.36. The van der Waals surface area contributed by atoms with Gasteiger partial charge in [-0.1, -0.05) is 19.9 Å². The number of fused-ring (bicyclic) bond motifs is 1. The topological polar surface area (TPSA) is 71.2 Å². The molecular weight excluding hydrogens is 238 g/mol. The molecule has 0 bridgehead atoms. The molecule has 0 unspecified atom stereocenters. The Labute approximate surface area is 113 Å². The van der Waals surface area contributed by atoms with Crippen LogP contribution in [0.4, 0.5) is 5.82 Å². The van der Waals surface area contributed by atoms with E-state index in [4.69, 9.17) is 5.73 Å². The lowest BCUT2D eigenvalue weighted by atomic mass is 9.89. The van der Waals surface area contributed by atoms with Gasteiger partial charge in [0.2, 0.25) is 0 Å². The first-order valence-electron chi connectivity index (χ1n) is 6.53. The molecular formula is C15H21N3O. The maximum absolute atomic E-state index is 9.59. The maximum Gasteiger partial charge on any atom is 0.133 e. The largest absolute Gasteiger partial charge is 0.508 e. The molecule has 0 saturated carbocycles. The van der Waals surface area contributed by atoms with E-state index in [0.717, 1.165) is 29.6 Å². The molecule has 0 spiro atoms. The standard InChI is InChI=1S/C15H21N3O/c1-15(2,6-7-16)10-18-14-13-9-12(19)4-3-11(13)5-8-17-14/h3-5,8-9,19H,6-7,10,16H2,1-2H3,(H,17,18). The molecule has 0 radical (unpaired) electrons. The van der Waals surface area contributed by atoms with Gasteiger partial charge in [-0.25, -0.2) is 4.98 Å². The number of rotatable bonds is 5. The number of aromatic nitrogens is 1. The van der Waals surface area contributed by atoms with E-state index >= 15 is 0 Å². The van der Waals surface area contributed by atoms with Crippen molar-refractivity contribution in [3.8, 4) is 5.75 Å². The van der Waals surface area contributed by atoms with Crippen LogP contribution in [0.5, 0.6) is 5.75 Å². The second-order valence-electron chi connectivity index (χ2n) is 5.62. The summed E-state index contributed by atoms with van der Waals surface area (Å²) in [5, 5.41) is 15.0. The van der Waals surface area contributed by atoms with Crippen LogP contribution in [-0.4, -0.2) is 23.2 Å². The lowest BCUT2D eigenvalue weighted by Crippen LogP contribution is -2.26. The molecule has 1 aromatic carbocycles. The molecule has 0 aliphatic heterocycles. The monoisotopic (exact) mass is 259 g/mol. The molecule has 4 N–H and O–H groups in total. The van der Waals surface area contributed by atoms with E-state index in [2.05, 4.69) is 24.1 Å². The molecule has 2 aromatic rings. The molecule has 0 amide bonds. The normalized spacial score (nSPS) is 11.7. The maximum atomic E-state index is 9.59. The Bertz CT molecular complexity index is 566. The number of pyridine rings is 1.